The van der Waals surface area contributed by atoms with Crippen LogP contribution in [0.2, 0.25) is 0 Å². The third-order valence-electron chi connectivity index (χ3n) is 5.49. The molecular weight excluding hydrogens is 497 g/mol. The first-order valence-corrected chi connectivity index (χ1v) is 13.9. The van der Waals surface area contributed by atoms with Gasteiger partial charge in [-0.15, -0.1) is 45.3 Å². The van der Waals surface area contributed by atoms with E-state index in [0.717, 1.165) is 43.2 Å². The van der Waals surface area contributed by atoms with E-state index in [0.29, 0.717) is 0 Å². The van der Waals surface area contributed by atoms with E-state index in [2.05, 4.69) is 82.8 Å². The van der Waals surface area contributed by atoms with Crippen LogP contribution in [-0.4, -0.2) is 19.9 Å². The van der Waals surface area contributed by atoms with Gasteiger partial charge in [0.1, 0.15) is 10.0 Å². The average molecular weight is 511 g/mol. The summed E-state index contributed by atoms with van der Waals surface area (Å²) in [6.45, 7) is 0. The van der Waals surface area contributed by atoms with E-state index in [1.54, 1.807) is 45.3 Å². The van der Waals surface area contributed by atoms with Gasteiger partial charge in [-0.25, -0.2) is 19.9 Å². The van der Waals surface area contributed by atoms with Crippen LogP contribution < -0.4 is 0 Å². The van der Waals surface area contributed by atoms with E-state index in [1.807, 2.05) is 11.0 Å². The Balaban J connectivity index is 1.09. The number of hydrogen-bond acceptors (Lipinski definition) is 8. The van der Waals surface area contributed by atoms with E-state index in [1.165, 1.54) is 18.8 Å². The molecule has 3 aromatic carbocycles. The molecule has 0 aliphatic heterocycles. The zero-order chi connectivity index (χ0) is 22.5. The minimum Gasteiger partial charge on any atom is -0.245 e. The summed E-state index contributed by atoms with van der Waals surface area (Å²) in [6.07, 6.45) is 8.38. The monoisotopic (exact) mass is 510 g/mol. The van der Waals surface area contributed by atoms with E-state index >= 15 is 0 Å². The molecule has 0 N–H and O–H groups in total. The maximum absolute atomic E-state index is 4.76. The predicted octanol–water partition coefficient (Wildman–Crippen LogP) is 8.47. The van der Waals surface area contributed by atoms with Crippen molar-refractivity contribution in [1.82, 2.24) is 19.9 Å². The lowest BCUT2D eigenvalue weighted by molar-refractivity contribution is 1.46. The number of fused-ring (bicyclic) bond motifs is 4. The number of benzene rings is 3. The number of nitrogens with zero attached hydrogens (tertiary/aromatic N) is 4. The minimum absolute atomic E-state index is 1.00. The SMILES string of the molecule is C(=C\c1nc2cc3scnc3cc2s1)/c1ccc(/C=C/c2nc3cc4scnc4cc3s2)cc1. The third kappa shape index (κ3) is 3.74. The van der Waals surface area contributed by atoms with E-state index in [4.69, 9.17) is 9.97 Å². The van der Waals surface area contributed by atoms with Crippen LogP contribution in [0.25, 0.3) is 65.2 Å². The number of thiazole rings is 4. The van der Waals surface area contributed by atoms with Gasteiger partial charge in [-0.1, -0.05) is 36.4 Å². The molecule has 8 heteroatoms. The highest BCUT2D eigenvalue weighted by Crippen LogP contribution is 2.31. The Bertz CT molecular complexity index is 1630. The maximum atomic E-state index is 4.76. The first-order valence-electron chi connectivity index (χ1n) is 10.5. The normalized spacial score (nSPS) is 12.5. The molecule has 4 aromatic heterocycles. The van der Waals surface area contributed by atoms with Crippen molar-refractivity contribution in [3.63, 3.8) is 0 Å². The minimum atomic E-state index is 1.00. The molecule has 7 aromatic rings. The Morgan fingerprint density at radius 3 is 1.41 bits per heavy atom. The molecule has 0 saturated carbocycles. The van der Waals surface area contributed by atoms with Crippen LogP contribution in [0.3, 0.4) is 0 Å². The Hall–Kier alpha value is -3.30. The van der Waals surface area contributed by atoms with Gasteiger partial charge in [-0.05, 0) is 47.5 Å². The number of hydrogen-bond donors (Lipinski definition) is 0. The van der Waals surface area contributed by atoms with Gasteiger partial charge >= 0.3 is 0 Å². The predicted molar refractivity (Wildman–Crippen MR) is 150 cm³/mol. The summed E-state index contributed by atoms with van der Waals surface area (Å²) < 4.78 is 4.70. The summed E-state index contributed by atoms with van der Waals surface area (Å²) >= 11 is 6.69. The van der Waals surface area contributed by atoms with Crippen LogP contribution in [0, 0.1) is 0 Å². The van der Waals surface area contributed by atoms with Crippen molar-refractivity contribution in [2.24, 2.45) is 0 Å². The zero-order valence-corrected chi connectivity index (χ0v) is 20.8. The first kappa shape index (κ1) is 20.1. The lowest BCUT2D eigenvalue weighted by atomic mass is 10.1. The van der Waals surface area contributed by atoms with Crippen LogP contribution in [-0.2, 0) is 0 Å². The smallest absolute Gasteiger partial charge is 0.117 e. The van der Waals surface area contributed by atoms with Crippen molar-refractivity contribution in [3.8, 4) is 0 Å². The molecule has 0 fully saturated rings. The van der Waals surface area contributed by atoms with Crippen molar-refractivity contribution >= 4 is 111 Å². The van der Waals surface area contributed by atoms with E-state index in [-0.39, 0.29) is 0 Å². The van der Waals surface area contributed by atoms with Crippen molar-refractivity contribution < 1.29 is 0 Å². The number of rotatable bonds is 4. The second kappa shape index (κ2) is 8.18. The molecule has 0 bridgehead atoms. The maximum Gasteiger partial charge on any atom is 0.117 e. The molecule has 0 saturated heterocycles. The summed E-state index contributed by atoms with van der Waals surface area (Å²) in [5, 5.41) is 2.00. The molecule has 4 nitrogen and oxygen atoms in total. The van der Waals surface area contributed by atoms with Crippen molar-refractivity contribution in [1.29, 1.82) is 0 Å². The van der Waals surface area contributed by atoms with Crippen LogP contribution >= 0.6 is 45.3 Å². The summed E-state index contributed by atoms with van der Waals surface area (Å²) in [4.78, 5) is 18.3. The van der Waals surface area contributed by atoms with Crippen molar-refractivity contribution in [3.05, 3.63) is 80.7 Å². The molecule has 0 atom stereocenters. The molecular formula is C26H14N4S4. The van der Waals surface area contributed by atoms with Gasteiger partial charge < -0.3 is 0 Å². The van der Waals surface area contributed by atoms with Gasteiger partial charge in [0.2, 0.25) is 0 Å². The van der Waals surface area contributed by atoms with Crippen LogP contribution in [0.1, 0.15) is 21.1 Å². The fourth-order valence-corrected chi connectivity index (χ4v) is 6.94. The summed E-state index contributed by atoms with van der Waals surface area (Å²) in [6, 6.07) is 17.0. The molecule has 0 unspecified atom stereocenters. The van der Waals surface area contributed by atoms with E-state index in [9.17, 15) is 0 Å². The lowest BCUT2D eigenvalue weighted by Crippen LogP contribution is -1.75. The Labute approximate surface area is 210 Å². The molecule has 0 radical (unpaired) electrons. The Morgan fingerprint density at radius 1 is 0.500 bits per heavy atom. The third-order valence-corrected chi connectivity index (χ3v) is 9.04. The summed E-state index contributed by atoms with van der Waals surface area (Å²) in [7, 11) is 0. The Morgan fingerprint density at radius 2 is 0.941 bits per heavy atom. The molecule has 0 aliphatic rings. The van der Waals surface area contributed by atoms with Gasteiger partial charge in [0.15, 0.2) is 0 Å². The number of aromatic nitrogens is 4. The topological polar surface area (TPSA) is 51.6 Å². The van der Waals surface area contributed by atoms with Gasteiger partial charge in [0, 0.05) is 0 Å². The van der Waals surface area contributed by atoms with Crippen molar-refractivity contribution in [2.45, 2.75) is 0 Å². The van der Waals surface area contributed by atoms with Crippen LogP contribution in [0.15, 0.2) is 59.6 Å². The largest absolute Gasteiger partial charge is 0.245 e. The van der Waals surface area contributed by atoms with Crippen LogP contribution in [0.4, 0.5) is 0 Å². The van der Waals surface area contributed by atoms with Gasteiger partial charge in [-0.3, -0.25) is 0 Å². The highest BCUT2D eigenvalue weighted by Gasteiger charge is 2.06. The lowest BCUT2D eigenvalue weighted by Gasteiger charge is -1.95. The highest BCUT2D eigenvalue weighted by atomic mass is 32.1. The second-order valence-corrected chi connectivity index (χ2v) is 11.6. The van der Waals surface area contributed by atoms with Crippen LogP contribution in [0.5, 0.6) is 0 Å². The second-order valence-electron chi connectivity index (χ2n) is 7.72. The molecule has 34 heavy (non-hydrogen) atoms. The van der Waals surface area contributed by atoms with E-state index < -0.39 is 0 Å². The Kier molecular flexibility index (Phi) is 4.83. The quantitative estimate of drug-likeness (QED) is 0.238. The summed E-state index contributed by atoms with van der Waals surface area (Å²) in [5.41, 5.74) is 10.2. The van der Waals surface area contributed by atoms with Gasteiger partial charge in [0.25, 0.3) is 0 Å². The zero-order valence-electron chi connectivity index (χ0n) is 17.5. The standard InChI is InChI=1S/C26H14N4S4/c1-2-16(6-8-26-30-20-12-22-18(28-14-32-22)10-24(20)34-26)4-3-15(1)5-7-25-29-19-11-21-17(27-13-31-21)9-23(19)33-25/h1-14H/b7-5+,8-6+. The molecule has 0 aliphatic carbocycles. The molecule has 162 valence electrons. The fraction of sp³-hybridized carbons (Fsp3) is 0. The first-order chi connectivity index (χ1) is 16.8. The molecule has 0 spiro atoms. The molecule has 4 heterocycles. The molecule has 0 amide bonds. The van der Waals surface area contributed by atoms with Crippen molar-refractivity contribution in [2.75, 3.05) is 0 Å². The highest BCUT2D eigenvalue weighted by molar-refractivity contribution is 7.20. The average Bonchev–Trinajstić information content (AvgIpc) is 3.64. The summed E-state index contributed by atoms with van der Waals surface area (Å²) in [5.74, 6) is 0. The van der Waals surface area contributed by atoms with Gasteiger partial charge in [0.05, 0.1) is 51.9 Å². The molecule has 7 rings (SSSR count). The van der Waals surface area contributed by atoms with Gasteiger partial charge in [-0.2, -0.15) is 0 Å². The fourth-order valence-electron chi connectivity index (χ4n) is 3.79.